The molecule has 0 aliphatic rings. The fourth-order valence-corrected chi connectivity index (χ4v) is 2.37. The number of aryl methyl sites for hydroxylation is 1. The first-order chi connectivity index (χ1) is 10.6. The predicted molar refractivity (Wildman–Crippen MR) is 93.1 cm³/mol. The van der Waals surface area contributed by atoms with Crippen LogP contribution in [0.3, 0.4) is 0 Å². The van der Waals surface area contributed by atoms with Crippen molar-refractivity contribution in [3.63, 3.8) is 0 Å². The van der Waals surface area contributed by atoms with Crippen molar-refractivity contribution in [2.45, 2.75) is 45.8 Å². The molecule has 2 atom stereocenters. The lowest BCUT2D eigenvalue weighted by atomic mass is 10.0. The van der Waals surface area contributed by atoms with Crippen LogP contribution in [0, 0.1) is 6.92 Å². The van der Waals surface area contributed by atoms with Crippen molar-refractivity contribution in [2.24, 2.45) is 5.73 Å². The lowest BCUT2D eigenvalue weighted by molar-refractivity contribution is -0.122. The average molecular weight is 343 g/mol. The Labute approximate surface area is 143 Å². The number of carbonyl (C=O) groups excluding carboxylic acids is 1. The zero-order valence-electron chi connectivity index (χ0n) is 14.5. The van der Waals surface area contributed by atoms with E-state index in [2.05, 4.69) is 13.8 Å². The lowest BCUT2D eigenvalue weighted by Crippen LogP contribution is -2.44. The Morgan fingerprint density at radius 2 is 2.00 bits per heavy atom. The largest absolute Gasteiger partial charge is 0.491 e. The van der Waals surface area contributed by atoms with E-state index in [1.54, 1.807) is 18.9 Å². The Morgan fingerprint density at radius 3 is 2.52 bits per heavy atom. The molecule has 0 saturated heterocycles. The highest BCUT2D eigenvalue weighted by molar-refractivity contribution is 6.31. The van der Waals surface area contributed by atoms with Crippen LogP contribution in [0.2, 0.25) is 5.02 Å². The second-order valence-electron chi connectivity index (χ2n) is 6.28. The van der Waals surface area contributed by atoms with Gasteiger partial charge in [-0.15, -0.1) is 0 Å². The maximum absolute atomic E-state index is 11.1. The fourth-order valence-electron chi connectivity index (χ4n) is 2.19. The van der Waals surface area contributed by atoms with Crippen molar-refractivity contribution < 1.29 is 14.6 Å². The Morgan fingerprint density at radius 1 is 1.39 bits per heavy atom. The minimum Gasteiger partial charge on any atom is -0.491 e. The van der Waals surface area contributed by atoms with Crippen molar-refractivity contribution in [3.8, 4) is 5.75 Å². The molecule has 1 amide bonds. The third-order valence-electron chi connectivity index (χ3n) is 3.92. The van der Waals surface area contributed by atoms with Gasteiger partial charge in [0.1, 0.15) is 18.5 Å². The molecule has 0 heterocycles. The first kappa shape index (κ1) is 19.7. The zero-order chi connectivity index (χ0) is 17.7. The summed E-state index contributed by atoms with van der Waals surface area (Å²) >= 11 is 6.17. The second-order valence-corrected chi connectivity index (χ2v) is 6.68. The number of nitrogens with zero attached hydrogens (tertiary/aromatic N) is 1. The third kappa shape index (κ3) is 5.68. The van der Waals surface area contributed by atoms with E-state index in [4.69, 9.17) is 22.1 Å². The van der Waals surface area contributed by atoms with Crippen LogP contribution in [-0.2, 0) is 4.79 Å². The molecule has 1 unspecified atom stereocenters. The highest BCUT2D eigenvalue weighted by Crippen LogP contribution is 2.32. The summed E-state index contributed by atoms with van der Waals surface area (Å²) in [6, 6.07) is 3.36. The molecule has 0 saturated carbocycles. The van der Waals surface area contributed by atoms with E-state index in [0.29, 0.717) is 11.6 Å². The van der Waals surface area contributed by atoms with Gasteiger partial charge in [0.05, 0.1) is 6.04 Å². The Kier molecular flexibility index (Phi) is 7.32. The molecular weight excluding hydrogens is 316 g/mol. The molecule has 130 valence electrons. The molecule has 6 heteroatoms. The van der Waals surface area contributed by atoms with E-state index in [9.17, 15) is 9.90 Å². The van der Waals surface area contributed by atoms with Crippen LogP contribution >= 0.6 is 11.6 Å². The van der Waals surface area contributed by atoms with E-state index in [1.807, 2.05) is 19.1 Å². The predicted octanol–water partition coefficient (Wildman–Crippen LogP) is 2.32. The first-order valence-electron chi connectivity index (χ1n) is 7.74. The summed E-state index contributed by atoms with van der Waals surface area (Å²) in [7, 11) is 1.74. The summed E-state index contributed by atoms with van der Waals surface area (Å²) in [4.78, 5) is 12.8. The topological polar surface area (TPSA) is 75.8 Å². The Bertz CT molecular complexity index is 549. The van der Waals surface area contributed by atoms with Crippen LogP contribution in [-0.4, -0.2) is 48.3 Å². The summed E-state index contributed by atoms with van der Waals surface area (Å²) in [5, 5.41) is 10.8. The molecule has 0 radical (unpaired) electrons. The molecule has 0 aliphatic heterocycles. The molecule has 0 aliphatic carbocycles. The highest BCUT2D eigenvalue weighted by atomic mass is 35.5. The summed E-state index contributed by atoms with van der Waals surface area (Å²) in [5.74, 6) is 0.570. The smallest absolute Gasteiger partial charge is 0.234 e. The van der Waals surface area contributed by atoms with Crippen molar-refractivity contribution in [3.05, 3.63) is 28.3 Å². The maximum Gasteiger partial charge on any atom is 0.234 e. The number of aliphatic hydroxyl groups is 1. The van der Waals surface area contributed by atoms with Crippen LogP contribution in [0.5, 0.6) is 5.75 Å². The number of benzene rings is 1. The number of hydrogen-bond acceptors (Lipinski definition) is 4. The summed E-state index contributed by atoms with van der Waals surface area (Å²) in [6.45, 7) is 8.18. The number of amides is 1. The van der Waals surface area contributed by atoms with Crippen LogP contribution in [0.4, 0.5) is 0 Å². The number of likely N-dealkylation sites (N-methyl/N-ethyl adjacent to an activating group) is 1. The molecule has 0 spiro atoms. The maximum atomic E-state index is 11.1. The van der Waals surface area contributed by atoms with Gasteiger partial charge in [0.2, 0.25) is 5.91 Å². The van der Waals surface area contributed by atoms with Gasteiger partial charge < -0.3 is 15.6 Å². The van der Waals surface area contributed by atoms with E-state index in [0.717, 1.165) is 16.9 Å². The van der Waals surface area contributed by atoms with Gasteiger partial charge in [0, 0.05) is 11.6 Å². The van der Waals surface area contributed by atoms with Gasteiger partial charge in [-0.1, -0.05) is 25.4 Å². The standard InChI is InChI=1S/C17H27ClN2O3/c1-10(2)14-7-15(18)11(3)6-16(14)23-9-13(21)8-20(5)12(4)17(19)22/h6-7,10,12-13,21H,8-9H2,1-5H3,(H2,19,22)/t12-,13?/m1/s1. The molecule has 0 aromatic heterocycles. The van der Waals surface area contributed by atoms with Crippen molar-refractivity contribution in [1.29, 1.82) is 0 Å². The number of aliphatic hydroxyl groups excluding tert-OH is 1. The van der Waals surface area contributed by atoms with Gasteiger partial charge in [0.15, 0.2) is 0 Å². The molecular formula is C17H27ClN2O3. The summed E-state index contributed by atoms with van der Waals surface area (Å²) in [5.41, 5.74) is 7.19. The second kappa shape index (κ2) is 8.52. The number of ether oxygens (including phenoxy) is 1. The lowest BCUT2D eigenvalue weighted by Gasteiger charge is -2.25. The number of primary amides is 1. The van der Waals surface area contributed by atoms with Crippen LogP contribution in [0.1, 0.15) is 37.8 Å². The van der Waals surface area contributed by atoms with Crippen LogP contribution in [0.15, 0.2) is 12.1 Å². The first-order valence-corrected chi connectivity index (χ1v) is 8.11. The van der Waals surface area contributed by atoms with E-state index in [1.165, 1.54) is 0 Å². The number of hydrogen-bond donors (Lipinski definition) is 2. The summed E-state index contributed by atoms with van der Waals surface area (Å²) in [6.07, 6.45) is -0.724. The van der Waals surface area contributed by atoms with Crippen molar-refractivity contribution >= 4 is 17.5 Å². The van der Waals surface area contributed by atoms with Gasteiger partial charge in [-0.3, -0.25) is 9.69 Å². The summed E-state index contributed by atoms with van der Waals surface area (Å²) < 4.78 is 5.79. The Hall–Kier alpha value is -1.30. The minimum absolute atomic E-state index is 0.136. The molecule has 3 N–H and O–H groups in total. The van der Waals surface area contributed by atoms with Crippen molar-refractivity contribution in [1.82, 2.24) is 4.90 Å². The van der Waals surface area contributed by atoms with Crippen molar-refractivity contribution in [2.75, 3.05) is 20.2 Å². The molecule has 23 heavy (non-hydrogen) atoms. The number of rotatable bonds is 8. The normalized spacial score (nSPS) is 14.1. The molecule has 1 aromatic rings. The molecule has 1 aromatic carbocycles. The third-order valence-corrected chi connectivity index (χ3v) is 4.32. The quantitative estimate of drug-likeness (QED) is 0.760. The molecule has 0 fully saturated rings. The average Bonchev–Trinajstić information content (AvgIpc) is 2.46. The van der Waals surface area contributed by atoms with Crippen LogP contribution < -0.4 is 10.5 Å². The fraction of sp³-hybridized carbons (Fsp3) is 0.588. The number of carbonyl (C=O) groups is 1. The van der Waals surface area contributed by atoms with Gasteiger partial charge in [-0.2, -0.15) is 0 Å². The number of nitrogens with two attached hydrogens (primary N) is 1. The van der Waals surface area contributed by atoms with Crippen LogP contribution in [0.25, 0.3) is 0 Å². The molecule has 0 bridgehead atoms. The number of halogens is 1. The minimum atomic E-state index is -0.724. The molecule has 1 rings (SSSR count). The molecule has 5 nitrogen and oxygen atoms in total. The SMILES string of the molecule is Cc1cc(OCC(O)CN(C)[C@H](C)C(N)=O)c(C(C)C)cc1Cl. The van der Waals surface area contributed by atoms with E-state index < -0.39 is 18.1 Å². The monoisotopic (exact) mass is 342 g/mol. The highest BCUT2D eigenvalue weighted by Gasteiger charge is 2.19. The van der Waals surface area contributed by atoms with E-state index in [-0.39, 0.29) is 12.5 Å². The van der Waals surface area contributed by atoms with E-state index >= 15 is 0 Å². The van der Waals surface area contributed by atoms with Gasteiger partial charge in [0.25, 0.3) is 0 Å². The van der Waals surface area contributed by atoms with Gasteiger partial charge in [-0.05, 0) is 50.1 Å². The van der Waals surface area contributed by atoms with Gasteiger partial charge >= 0.3 is 0 Å². The van der Waals surface area contributed by atoms with Gasteiger partial charge in [-0.25, -0.2) is 0 Å². The Balaban J connectivity index is 2.71. The zero-order valence-corrected chi connectivity index (χ0v) is 15.2.